The molecule has 0 rings (SSSR count). The summed E-state index contributed by atoms with van der Waals surface area (Å²) in [4.78, 5) is 0. The predicted octanol–water partition coefficient (Wildman–Crippen LogP) is 0.353. The van der Waals surface area contributed by atoms with Crippen LogP contribution >= 0.6 is 0 Å². The lowest BCUT2D eigenvalue weighted by Gasteiger charge is -2.29. The lowest BCUT2D eigenvalue weighted by atomic mass is 9.98. The van der Waals surface area contributed by atoms with Crippen molar-refractivity contribution in [2.75, 3.05) is 26.8 Å². The van der Waals surface area contributed by atoms with Crippen LogP contribution in [0.2, 0.25) is 0 Å². The van der Waals surface area contributed by atoms with Crippen molar-refractivity contribution in [3.8, 4) is 12.3 Å². The first-order valence-electron chi connectivity index (χ1n) is 4.56. The molecule has 0 saturated carbocycles. The molecule has 1 unspecified atom stereocenters. The minimum atomic E-state index is -0.0487. The molecule has 76 valence electrons. The van der Waals surface area contributed by atoms with Crippen molar-refractivity contribution in [1.29, 1.82) is 0 Å². The Morgan fingerprint density at radius 1 is 1.62 bits per heavy atom. The zero-order valence-electron chi connectivity index (χ0n) is 8.60. The Hall–Kier alpha value is -0.560. The number of hydrogen-bond donors (Lipinski definition) is 2. The molecule has 13 heavy (non-hydrogen) atoms. The first-order chi connectivity index (χ1) is 6.18. The van der Waals surface area contributed by atoms with Gasteiger partial charge < -0.3 is 15.8 Å². The van der Waals surface area contributed by atoms with Gasteiger partial charge in [-0.3, -0.25) is 0 Å². The van der Waals surface area contributed by atoms with Crippen LogP contribution in [0, 0.1) is 12.3 Å². The summed E-state index contributed by atoms with van der Waals surface area (Å²) >= 11 is 0. The Morgan fingerprint density at radius 3 is 2.77 bits per heavy atom. The summed E-state index contributed by atoms with van der Waals surface area (Å²) in [5.74, 6) is 2.59. The summed E-state index contributed by atoms with van der Waals surface area (Å²) in [6.45, 7) is 4.22. The highest BCUT2D eigenvalue weighted by Crippen LogP contribution is 2.07. The van der Waals surface area contributed by atoms with Crippen molar-refractivity contribution in [3.63, 3.8) is 0 Å². The Kier molecular flexibility index (Phi) is 6.61. The molecule has 0 saturated heterocycles. The summed E-state index contributed by atoms with van der Waals surface area (Å²) in [7, 11) is 1.69. The predicted molar refractivity (Wildman–Crippen MR) is 55.4 cm³/mol. The Balaban J connectivity index is 3.75. The topological polar surface area (TPSA) is 47.3 Å². The van der Waals surface area contributed by atoms with Gasteiger partial charge in [-0.15, -0.1) is 12.3 Å². The Bertz CT molecular complexity index is 165. The molecule has 0 aliphatic rings. The maximum Gasteiger partial charge on any atom is 0.0480 e. The van der Waals surface area contributed by atoms with Crippen LogP contribution in [0.15, 0.2) is 0 Å². The van der Waals surface area contributed by atoms with E-state index in [1.54, 1.807) is 7.11 Å². The van der Waals surface area contributed by atoms with E-state index in [4.69, 9.17) is 16.9 Å². The van der Waals surface area contributed by atoms with Crippen LogP contribution < -0.4 is 11.1 Å². The minimum absolute atomic E-state index is 0.0487. The monoisotopic (exact) mass is 184 g/mol. The van der Waals surface area contributed by atoms with Gasteiger partial charge in [-0.2, -0.15) is 0 Å². The smallest absolute Gasteiger partial charge is 0.0480 e. The van der Waals surface area contributed by atoms with Crippen molar-refractivity contribution in [1.82, 2.24) is 5.32 Å². The molecular weight excluding hydrogens is 164 g/mol. The van der Waals surface area contributed by atoms with E-state index in [9.17, 15) is 0 Å². The quantitative estimate of drug-likeness (QED) is 0.443. The van der Waals surface area contributed by atoms with Gasteiger partial charge in [0.05, 0.1) is 0 Å². The van der Waals surface area contributed by atoms with E-state index in [0.29, 0.717) is 6.54 Å². The van der Waals surface area contributed by atoms with Crippen LogP contribution in [0.4, 0.5) is 0 Å². The second-order valence-corrected chi connectivity index (χ2v) is 3.39. The standard InChI is InChI=1S/C10H20N2O/c1-4-5-7-12-10(2,9-11)6-8-13-3/h1,12H,5-9,11H2,2-3H3. The summed E-state index contributed by atoms with van der Waals surface area (Å²) < 4.78 is 5.01. The van der Waals surface area contributed by atoms with Gasteiger partial charge in [-0.25, -0.2) is 0 Å². The van der Waals surface area contributed by atoms with E-state index in [-0.39, 0.29) is 5.54 Å². The fraction of sp³-hybridized carbons (Fsp3) is 0.800. The molecule has 0 aromatic heterocycles. The van der Waals surface area contributed by atoms with Crippen molar-refractivity contribution in [3.05, 3.63) is 0 Å². The van der Waals surface area contributed by atoms with Gasteiger partial charge in [0.15, 0.2) is 0 Å². The molecule has 0 aromatic carbocycles. The van der Waals surface area contributed by atoms with E-state index >= 15 is 0 Å². The first-order valence-corrected chi connectivity index (χ1v) is 4.56. The number of methoxy groups -OCH3 is 1. The van der Waals surface area contributed by atoms with Gasteiger partial charge >= 0.3 is 0 Å². The highest BCUT2D eigenvalue weighted by molar-refractivity contribution is 4.89. The van der Waals surface area contributed by atoms with Crippen LogP contribution in [-0.2, 0) is 4.74 Å². The lowest BCUT2D eigenvalue weighted by molar-refractivity contribution is 0.162. The molecule has 0 aliphatic heterocycles. The Morgan fingerprint density at radius 2 is 2.31 bits per heavy atom. The van der Waals surface area contributed by atoms with E-state index in [2.05, 4.69) is 18.2 Å². The number of nitrogens with one attached hydrogen (secondary N) is 1. The molecule has 1 atom stereocenters. The van der Waals surface area contributed by atoms with E-state index in [1.807, 2.05) is 0 Å². The zero-order chi connectivity index (χ0) is 10.2. The molecule has 0 bridgehead atoms. The van der Waals surface area contributed by atoms with Crippen molar-refractivity contribution in [2.45, 2.75) is 25.3 Å². The third-order valence-electron chi connectivity index (χ3n) is 2.13. The van der Waals surface area contributed by atoms with Gasteiger partial charge in [0.25, 0.3) is 0 Å². The van der Waals surface area contributed by atoms with Crippen molar-refractivity contribution in [2.24, 2.45) is 5.73 Å². The molecular formula is C10H20N2O. The van der Waals surface area contributed by atoms with Crippen LogP contribution in [0.3, 0.4) is 0 Å². The summed E-state index contributed by atoms with van der Waals surface area (Å²) in [6, 6.07) is 0. The van der Waals surface area contributed by atoms with Crippen molar-refractivity contribution >= 4 is 0 Å². The zero-order valence-corrected chi connectivity index (χ0v) is 8.60. The van der Waals surface area contributed by atoms with Gasteiger partial charge in [0.2, 0.25) is 0 Å². The highest BCUT2D eigenvalue weighted by atomic mass is 16.5. The highest BCUT2D eigenvalue weighted by Gasteiger charge is 2.20. The van der Waals surface area contributed by atoms with Crippen LogP contribution in [0.5, 0.6) is 0 Å². The molecule has 3 nitrogen and oxygen atoms in total. The van der Waals surface area contributed by atoms with Crippen molar-refractivity contribution < 1.29 is 4.74 Å². The summed E-state index contributed by atoms with van der Waals surface area (Å²) in [5.41, 5.74) is 5.61. The number of terminal acetylenes is 1. The summed E-state index contributed by atoms with van der Waals surface area (Å²) in [5, 5.41) is 3.33. The number of nitrogens with two attached hydrogens (primary N) is 1. The molecule has 0 aromatic rings. The second kappa shape index (κ2) is 6.90. The molecule has 3 N–H and O–H groups in total. The average molecular weight is 184 g/mol. The minimum Gasteiger partial charge on any atom is -0.385 e. The third-order valence-corrected chi connectivity index (χ3v) is 2.13. The molecule has 0 heterocycles. The number of hydrogen-bond acceptors (Lipinski definition) is 3. The maximum absolute atomic E-state index is 5.66. The largest absolute Gasteiger partial charge is 0.385 e. The maximum atomic E-state index is 5.66. The summed E-state index contributed by atoms with van der Waals surface area (Å²) in [6.07, 6.45) is 6.80. The molecule has 0 spiro atoms. The molecule has 0 radical (unpaired) electrons. The fourth-order valence-corrected chi connectivity index (χ4v) is 1.03. The van der Waals surface area contributed by atoms with Crippen LogP contribution in [-0.4, -0.2) is 32.3 Å². The molecule has 3 heteroatoms. The number of ether oxygens (including phenoxy) is 1. The van der Waals surface area contributed by atoms with E-state index in [1.165, 1.54) is 0 Å². The van der Waals surface area contributed by atoms with Gasteiger partial charge in [-0.1, -0.05) is 0 Å². The van der Waals surface area contributed by atoms with Crippen LogP contribution in [0.25, 0.3) is 0 Å². The average Bonchev–Trinajstić information content (AvgIpc) is 2.15. The van der Waals surface area contributed by atoms with Gasteiger partial charge in [0, 0.05) is 38.8 Å². The van der Waals surface area contributed by atoms with E-state index < -0.39 is 0 Å². The molecule has 0 amide bonds. The number of rotatable bonds is 7. The third kappa shape index (κ3) is 5.64. The SMILES string of the molecule is C#CCCNC(C)(CN)CCOC. The van der Waals surface area contributed by atoms with Gasteiger partial charge in [0.1, 0.15) is 0 Å². The van der Waals surface area contributed by atoms with Gasteiger partial charge in [-0.05, 0) is 13.3 Å². The lowest BCUT2D eigenvalue weighted by Crippen LogP contribution is -2.49. The second-order valence-electron chi connectivity index (χ2n) is 3.39. The molecule has 0 fully saturated rings. The van der Waals surface area contributed by atoms with E-state index in [0.717, 1.165) is 26.0 Å². The first kappa shape index (κ1) is 12.4. The normalized spacial score (nSPS) is 14.9. The Labute approximate surface area is 81.0 Å². The van der Waals surface area contributed by atoms with Crippen LogP contribution in [0.1, 0.15) is 19.8 Å². The molecule has 0 aliphatic carbocycles. The fourth-order valence-electron chi connectivity index (χ4n) is 1.03.